The van der Waals surface area contributed by atoms with Gasteiger partial charge in [-0.05, 0) is 61.4 Å². The van der Waals surface area contributed by atoms with Gasteiger partial charge in [-0.3, -0.25) is 10.3 Å². The summed E-state index contributed by atoms with van der Waals surface area (Å²) in [6.45, 7) is 4.44. The Hall–Kier alpha value is -4.31. The number of carbonyl (C=O) groups is 1. The van der Waals surface area contributed by atoms with Gasteiger partial charge in [-0.15, -0.1) is 11.3 Å². The van der Waals surface area contributed by atoms with E-state index in [1.165, 1.54) is 0 Å². The second-order valence-electron chi connectivity index (χ2n) is 8.26. The molecule has 10 heteroatoms. The Morgan fingerprint density at radius 2 is 1.94 bits per heavy atom. The third-order valence-corrected chi connectivity index (χ3v) is 6.60. The number of nitrogens with one attached hydrogen (secondary N) is 1. The molecule has 0 unspecified atom stereocenters. The van der Waals surface area contributed by atoms with Gasteiger partial charge in [0, 0.05) is 29.6 Å². The van der Waals surface area contributed by atoms with E-state index < -0.39 is 6.09 Å². The van der Waals surface area contributed by atoms with Crippen LogP contribution in [0.3, 0.4) is 0 Å². The van der Waals surface area contributed by atoms with Crippen molar-refractivity contribution < 1.29 is 19.4 Å². The number of fused-ring (bicyclic) bond motifs is 2. The van der Waals surface area contributed by atoms with Gasteiger partial charge in [0.2, 0.25) is 5.88 Å². The fourth-order valence-corrected chi connectivity index (χ4v) is 5.05. The zero-order valence-electron chi connectivity index (χ0n) is 19.9. The average Bonchev–Trinajstić information content (AvgIpc) is 3.27. The van der Waals surface area contributed by atoms with Gasteiger partial charge >= 0.3 is 6.09 Å². The molecule has 182 valence electrons. The molecule has 36 heavy (non-hydrogen) atoms. The third kappa shape index (κ3) is 4.89. The minimum atomic E-state index is -1.11. The van der Waals surface area contributed by atoms with Crippen LogP contribution >= 0.6 is 11.3 Å². The maximum absolute atomic E-state index is 10.8. The summed E-state index contributed by atoms with van der Waals surface area (Å²) >= 11 is 1.58. The number of nitrogens with zero attached hydrogens (tertiary/aromatic N) is 4. The molecule has 0 fully saturated rings. The molecule has 5 rings (SSSR count). The van der Waals surface area contributed by atoms with E-state index >= 15 is 0 Å². The maximum atomic E-state index is 10.8. The lowest BCUT2D eigenvalue weighted by Gasteiger charge is -2.08. The average molecular weight is 502 g/mol. The van der Waals surface area contributed by atoms with Crippen molar-refractivity contribution in [3.8, 4) is 22.2 Å². The maximum Gasteiger partial charge on any atom is 0.409 e. The normalized spacial score (nSPS) is 11.1. The molecule has 0 atom stereocenters. The van der Waals surface area contributed by atoms with Crippen molar-refractivity contribution in [3.63, 3.8) is 0 Å². The summed E-state index contributed by atoms with van der Waals surface area (Å²) in [7, 11) is 1.58. The number of thiazole rings is 1. The Morgan fingerprint density at radius 3 is 2.75 bits per heavy atom. The summed E-state index contributed by atoms with van der Waals surface area (Å²) < 4.78 is 12.3. The summed E-state index contributed by atoms with van der Waals surface area (Å²) in [5.41, 5.74) is 6.70. The van der Waals surface area contributed by atoms with Gasteiger partial charge in [0.1, 0.15) is 10.8 Å². The van der Waals surface area contributed by atoms with E-state index in [1.807, 2.05) is 32.0 Å². The molecule has 3 aromatic heterocycles. The molecule has 2 N–H and O–H groups in total. The van der Waals surface area contributed by atoms with Crippen LogP contribution in [0.15, 0.2) is 48.8 Å². The summed E-state index contributed by atoms with van der Waals surface area (Å²) in [6.07, 6.45) is 2.62. The van der Waals surface area contributed by atoms with Crippen molar-refractivity contribution >= 4 is 44.4 Å². The first kappa shape index (κ1) is 23.4. The van der Waals surface area contributed by atoms with Crippen LogP contribution in [-0.4, -0.2) is 44.9 Å². The van der Waals surface area contributed by atoms with Crippen LogP contribution in [-0.2, 0) is 6.42 Å². The number of ether oxygens (including phenoxy) is 2. The molecule has 0 bridgehead atoms. The van der Waals surface area contributed by atoms with Gasteiger partial charge in [0.15, 0.2) is 0 Å². The van der Waals surface area contributed by atoms with Crippen molar-refractivity contribution in [3.05, 3.63) is 65.6 Å². The highest BCUT2D eigenvalue weighted by Gasteiger charge is 2.15. The second kappa shape index (κ2) is 9.74. The van der Waals surface area contributed by atoms with E-state index in [1.54, 1.807) is 43.0 Å². The second-order valence-corrected chi connectivity index (χ2v) is 9.29. The fourth-order valence-electron chi connectivity index (χ4n) is 3.96. The predicted molar refractivity (Wildman–Crippen MR) is 139 cm³/mol. The number of hydrogen-bond acceptors (Lipinski definition) is 8. The molecule has 2 aromatic carbocycles. The Bertz CT molecular complexity index is 1600. The van der Waals surface area contributed by atoms with Gasteiger partial charge in [0.05, 0.1) is 41.2 Å². The number of pyridine rings is 1. The lowest BCUT2D eigenvalue weighted by Crippen LogP contribution is -2.08. The summed E-state index contributed by atoms with van der Waals surface area (Å²) in [6, 6.07) is 11.3. The highest BCUT2D eigenvalue weighted by Crippen LogP contribution is 2.37. The van der Waals surface area contributed by atoms with Crippen molar-refractivity contribution in [2.45, 2.75) is 20.3 Å². The van der Waals surface area contributed by atoms with E-state index in [2.05, 4.69) is 26.3 Å². The van der Waals surface area contributed by atoms with Gasteiger partial charge in [-0.2, -0.15) is 0 Å². The van der Waals surface area contributed by atoms with Crippen molar-refractivity contribution in [2.75, 3.05) is 19.0 Å². The summed E-state index contributed by atoms with van der Waals surface area (Å²) in [5.74, 6) is 1.22. The Balaban J connectivity index is 1.39. The van der Waals surface area contributed by atoms with Gasteiger partial charge in [0.25, 0.3) is 0 Å². The quantitative estimate of drug-likeness (QED) is 0.294. The first-order chi connectivity index (χ1) is 17.4. The van der Waals surface area contributed by atoms with Crippen LogP contribution in [0, 0.1) is 13.8 Å². The molecule has 9 nitrogen and oxygen atoms in total. The SMILES string of the molecule is COc1cnc2c(-c3nc4c(C)cc(OCCc5cc(NC(=O)O)ccn5)cc4s3)cc(C)cc2n1. The molecule has 0 aliphatic carbocycles. The zero-order valence-corrected chi connectivity index (χ0v) is 20.7. The standard InChI is InChI=1S/C26H23N5O4S/c1-14-8-19(24-20(9-14)30-22(34-3)13-28-24)25-31-23-15(2)10-18(12-21(23)36-25)35-7-5-16-11-17(4-6-27-16)29-26(32)33/h4,6,8-13H,5,7H2,1-3H3,(H,27,29)(H,32,33). The smallest absolute Gasteiger partial charge is 0.409 e. The van der Waals surface area contributed by atoms with E-state index in [9.17, 15) is 4.79 Å². The monoisotopic (exact) mass is 501 g/mol. The number of rotatable bonds is 7. The van der Waals surface area contributed by atoms with Crippen LogP contribution in [0.25, 0.3) is 31.8 Å². The van der Waals surface area contributed by atoms with Crippen molar-refractivity contribution in [1.29, 1.82) is 0 Å². The lowest BCUT2D eigenvalue weighted by atomic mass is 10.1. The molecular weight excluding hydrogens is 478 g/mol. The Labute approximate surface area is 210 Å². The van der Waals surface area contributed by atoms with Gasteiger partial charge in [-0.25, -0.2) is 19.7 Å². The lowest BCUT2D eigenvalue weighted by molar-refractivity contribution is 0.209. The van der Waals surface area contributed by atoms with Crippen LogP contribution in [0.2, 0.25) is 0 Å². The predicted octanol–water partition coefficient (Wildman–Crippen LogP) is 5.64. The molecule has 1 amide bonds. The molecule has 5 aromatic rings. The Morgan fingerprint density at radius 1 is 1.08 bits per heavy atom. The molecule has 0 aliphatic rings. The fraction of sp³-hybridized carbons (Fsp3) is 0.192. The minimum Gasteiger partial charge on any atom is -0.493 e. The van der Waals surface area contributed by atoms with Crippen molar-refractivity contribution in [1.82, 2.24) is 19.9 Å². The molecule has 0 spiro atoms. The summed E-state index contributed by atoms with van der Waals surface area (Å²) in [4.78, 5) is 29.2. The van der Waals surface area contributed by atoms with Crippen LogP contribution in [0.1, 0.15) is 16.8 Å². The highest BCUT2D eigenvalue weighted by atomic mass is 32.1. The molecule has 0 saturated heterocycles. The van der Waals surface area contributed by atoms with Gasteiger partial charge < -0.3 is 14.6 Å². The van der Waals surface area contributed by atoms with Gasteiger partial charge in [-0.1, -0.05) is 0 Å². The van der Waals surface area contributed by atoms with E-state index in [0.717, 1.165) is 54.4 Å². The summed E-state index contributed by atoms with van der Waals surface area (Å²) in [5, 5.41) is 12.1. The molecule has 0 radical (unpaired) electrons. The van der Waals surface area contributed by atoms with Crippen LogP contribution in [0.4, 0.5) is 10.5 Å². The van der Waals surface area contributed by atoms with E-state index in [-0.39, 0.29) is 0 Å². The first-order valence-corrected chi connectivity index (χ1v) is 12.0. The number of methoxy groups -OCH3 is 1. The van der Waals surface area contributed by atoms with E-state index in [4.69, 9.17) is 19.6 Å². The molecule has 3 heterocycles. The number of anilines is 1. The zero-order chi connectivity index (χ0) is 25.2. The first-order valence-electron chi connectivity index (χ1n) is 11.2. The highest BCUT2D eigenvalue weighted by molar-refractivity contribution is 7.21. The number of hydrogen-bond donors (Lipinski definition) is 2. The molecular formula is C26H23N5O4S. The Kier molecular flexibility index (Phi) is 6.34. The molecule has 0 saturated carbocycles. The largest absolute Gasteiger partial charge is 0.493 e. The number of carboxylic acid groups (broad SMARTS) is 1. The number of amides is 1. The molecule has 0 aliphatic heterocycles. The third-order valence-electron chi connectivity index (χ3n) is 5.56. The number of benzene rings is 2. The number of aryl methyl sites for hydroxylation is 2. The van der Waals surface area contributed by atoms with Crippen molar-refractivity contribution in [2.24, 2.45) is 0 Å². The van der Waals surface area contributed by atoms with Crippen LogP contribution < -0.4 is 14.8 Å². The topological polar surface area (TPSA) is 119 Å². The minimum absolute atomic E-state index is 0.403. The van der Waals surface area contributed by atoms with Crippen LogP contribution in [0.5, 0.6) is 11.6 Å². The number of aromatic nitrogens is 4. The van der Waals surface area contributed by atoms with E-state index in [0.29, 0.717) is 24.6 Å².